The van der Waals surface area contributed by atoms with Gasteiger partial charge in [0.05, 0.1) is 5.41 Å². The highest BCUT2D eigenvalue weighted by molar-refractivity contribution is 7.98. The van der Waals surface area contributed by atoms with Gasteiger partial charge in [0, 0.05) is 12.3 Å². The fraction of sp³-hybridized carbons (Fsp3) is 0.588. The van der Waals surface area contributed by atoms with Crippen molar-refractivity contribution in [2.45, 2.75) is 37.5 Å². The Morgan fingerprint density at radius 1 is 1.25 bits per heavy atom. The van der Waals surface area contributed by atoms with Crippen LogP contribution in [0.2, 0.25) is 0 Å². The van der Waals surface area contributed by atoms with Crippen molar-refractivity contribution < 1.29 is 4.79 Å². The van der Waals surface area contributed by atoms with Crippen LogP contribution in [0.3, 0.4) is 0 Å². The SMILES string of the molecule is CSCCNC(=O)[C@]1(c2ccccc2)CC12CCCC2. The van der Waals surface area contributed by atoms with Gasteiger partial charge in [-0.25, -0.2) is 0 Å². The molecule has 0 bridgehead atoms. The predicted molar refractivity (Wildman–Crippen MR) is 85.0 cm³/mol. The highest BCUT2D eigenvalue weighted by Gasteiger charge is 2.72. The van der Waals surface area contributed by atoms with Crippen LogP contribution in [0.1, 0.15) is 37.7 Å². The van der Waals surface area contributed by atoms with E-state index in [1.165, 1.54) is 31.2 Å². The molecule has 3 rings (SSSR count). The summed E-state index contributed by atoms with van der Waals surface area (Å²) in [6.45, 7) is 0.782. The highest BCUT2D eigenvalue weighted by Crippen LogP contribution is 2.72. The van der Waals surface area contributed by atoms with E-state index in [9.17, 15) is 4.79 Å². The topological polar surface area (TPSA) is 29.1 Å². The van der Waals surface area contributed by atoms with Crippen LogP contribution in [-0.4, -0.2) is 24.5 Å². The lowest BCUT2D eigenvalue weighted by molar-refractivity contribution is -0.124. The summed E-state index contributed by atoms with van der Waals surface area (Å²) in [7, 11) is 0. The molecular formula is C17H23NOS. The van der Waals surface area contributed by atoms with Gasteiger partial charge in [0.15, 0.2) is 0 Å². The quantitative estimate of drug-likeness (QED) is 0.842. The third-order valence-electron chi connectivity index (χ3n) is 5.19. The van der Waals surface area contributed by atoms with Gasteiger partial charge < -0.3 is 5.32 Å². The first-order chi connectivity index (χ1) is 9.75. The van der Waals surface area contributed by atoms with Gasteiger partial charge in [-0.05, 0) is 36.5 Å². The molecule has 2 nitrogen and oxygen atoms in total. The minimum Gasteiger partial charge on any atom is -0.354 e. The lowest BCUT2D eigenvalue weighted by Gasteiger charge is -2.22. The summed E-state index contributed by atoms with van der Waals surface area (Å²) in [6.07, 6.45) is 8.14. The molecule has 0 aliphatic heterocycles. The minimum atomic E-state index is -0.233. The van der Waals surface area contributed by atoms with E-state index in [2.05, 4.69) is 35.8 Å². The zero-order valence-electron chi connectivity index (χ0n) is 12.2. The van der Waals surface area contributed by atoms with E-state index in [1.807, 2.05) is 6.07 Å². The van der Waals surface area contributed by atoms with Gasteiger partial charge in [0.25, 0.3) is 0 Å². The van der Waals surface area contributed by atoms with Crippen molar-refractivity contribution in [2.24, 2.45) is 5.41 Å². The average molecular weight is 289 g/mol. The molecule has 2 aliphatic carbocycles. The molecule has 1 N–H and O–H groups in total. The average Bonchev–Trinajstić information content (AvgIpc) is 2.89. The molecule has 1 spiro atoms. The molecule has 2 aliphatic rings. The number of rotatable bonds is 5. The maximum absolute atomic E-state index is 12.8. The van der Waals surface area contributed by atoms with E-state index >= 15 is 0 Å². The van der Waals surface area contributed by atoms with Crippen LogP contribution < -0.4 is 5.32 Å². The number of amides is 1. The molecule has 0 saturated heterocycles. The Bertz CT molecular complexity index is 481. The Morgan fingerprint density at radius 2 is 1.95 bits per heavy atom. The highest BCUT2D eigenvalue weighted by atomic mass is 32.2. The largest absolute Gasteiger partial charge is 0.354 e. The Balaban J connectivity index is 1.85. The molecule has 0 unspecified atom stereocenters. The number of benzene rings is 1. The fourth-order valence-corrected chi connectivity index (χ4v) is 4.43. The third kappa shape index (κ3) is 2.07. The second kappa shape index (κ2) is 5.44. The normalized spacial score (nSPS) is 26.6. The lowest BCUT2D eigenvalue weighted by atomic mass is 9.84. The van der Waals surface area contributed by atoms with Gasteiger partial charge in [0.2, 0.25) is 5.91 Å². The molecule has 1 atom stereocenters. The maximum atomic E-state index is 12.8. The van der Waals surface area contributed by atoms with Crippen molar-refractivity contribution in [3.63, 3.8) is 0 Å². The Morgan fingerprint density at radius 3 is 2.60 bits per heavy atom. The van der Waals surface area contributed by atoms with Crippen LogP contribution in [0.15, 0.2) is 30.3 Å². The van der Waals surface area contributed by atoms with Gasteiger partial charge in [-0.15, -0.1) is 0 Å². The summed E-state index contributed by atoms with van der Waals surface area (Å²) in [5.74, 6) is 1.25. The van der Waals surface area contributed by atoms with E-state index in [0.29, 0.717) is 0 Å². The van der Waals surface area contributed by atoms with Crippen molar-refractivity contribution >= 4 is 17.7 Å². The number of carbonyl (C=O) groups is 1. The summed E-state index contributed by atoms with van der Waals surface area (Å²) in [4.78, 5) is 12.8. The summed E-state index contributed by atoms with van der Waals surface area (Å²) < 4.78 is 0. The van der Waals surface area contributed by atoms with Crippen LogP contribution >= 0.6 is 11.8 Å². The molecule has 1 amide bonds. The van der Waals surface area contributed by atoms with Crippen LogP contribution in [0, 0.1) is 5.41 Å². The van der Waals surface area contributed by atoms with Crippen molar-refractivity contribution in [2.75, 3.05) is 18.6 Å². The Kier molecular flexibility index (Phi) is 3.80. The first-order valence-corrected chi connectivity index (χ1v) is 8.97. The molecule has 1 aromatic carbocycles. The second-order valence-corrected chi connectivity index (χ2v) is 7.17. The Labute approximate surface area is 125 Å². The smallest absolute Gasteiger partial charge is 0.231 e. The molecule has 0 aromatic heterocycles. The number of thioether (sulfide) groups is 1. The number of nitrogens with one attached hydrogen (secondary N) is 1. The molecule has 3 heteroatoms. The van der Waals surface area contributed by atoms with Gasteiger partial charge in [-0.1, -0.05) is 43.2 Å². The molecule has 1 aromatic rings. The molecule has 0 heterocycles. The minimum absolute atomic E-state index is 0.233. The van der Waals surface area contributed by atoms with Crippen LogP contribution in [0.5, 0.6) is 0 Å². The molecule has 20 heavy (non-hydrogen) atoms. The summed E-state index contributed by atoms with van der Waals surface area (Å²) >= 11 is 1.78. The third-order valence-corrected chi connectivity index (χ3v) is 5.80. The molecule has 2 saturated carbocycles. The molecule has 108 valence electrons. The number of hydrogen-bond acceptors (Lipinski definition) is 2. The molecule has 2 fully saturated rings. The van der Waals surface area contributed by atoms with Crippen LogP contribution in [0.25, 0.3) is 0 Å². The van der Waals surface area contributed by atoms with Crippen LogP contribution in [0.4, 0.5) is 0 Å². The fourth-order valence-electron chi connectivity index (χ4n) is 4.12. The molecular weight excluding hydrogens is 266 g/mol. The maximum Gasteiger partial charge on any atom is 0.231 e. The van der Waals surface area contributed by atoms with Crippen molar-refractivity contribution in [1.82, 2.24) is 5.32 Å². The van der Waals surface area contributed by atoms with E-state index in [-0.39, 0.29) is 16.7 Å². The van der Waals surface area contributed by atoms with E-state index in [4.69, 9.17) is 0 Å². The number of hydrogen-bond donors (Lipinski definition) is 1. The van der Waals surface area contributed by atoms with Crippen molar-refractivity contribution in [1.29, 1.82) is 0 Å². The number of carbonyl (C=O) groups excluding carboxylic acids is 1. The van der Waals surface area contributed by atoms with Crippen molar-refractivity contribution in [3.8, 4) is 0 Å². The van der Waals surface area contributed by atoms with Gasteiger partial charge in [-0.2, -0.15) is 11.8 Å². The Hall–Kier alpha value is -0.960. The van der Waals surface area contributed by atoms with E-state index < -0.39 is 0 Å². The van der Waals surface area contributed by atoms with Crippen LogP contribution in [-0.2, 0) is 10.2 Å². The van der Waals surface area contributed by atoms with E-state index in [0.717, 1.165) is 18.7 Å². The predicted octanol–water partition coefficient (Wildman–Crippen LogP) is 3.37. The standard InChI is InChI=1S/C17H23NOS/c1-20-12-11-18-15(19)17(14-7-3-2-4-8-14)13-16(17)9-5-6-10-16/h2-4,7-8H,5-6,9-13H2,1H3,(H,18,19)/t17-/m1/s1. The summed E-state index contributed by atoms with van der Waals surface area (Å²) in [5, 5.41) is 3.18. The second-order valence-electron chi connectivity index (χ2n) is 6.18. The van der Waals surface area contributed by atoms with Crippen molar-refractivity contribution in [3.05, 3.63) is 35.9 Å². The summed E-state index contributed by atoms with van der Waals surface area (Å²) in [5.41, 5.74) is 1.25. The monoisotopic (exact) mass is 289 g/mol. The van der Waals surface area contributed by atoms with Gasteiger partial charge >= 0.3 is 0 Å². The summed E-state index contributed by atoms with van der Waals surface area (Å²) in [6, 6.07) is 10.4. The first kappa shape index (κ1) is 14.0. The zero-order valence-corrected chi connectivity index (χ0v) is 13.0. The lowest BCUT2D eigenvalue weighted by Crippen LogP contribution is -2.39. The van der Waals surface area contributed by atoms with Gasteiger partial charge in [0.1, 0.15) is 0 Å². The molecule has 0 radical (unpaired) electrons. The zero-order chi connectivity index (χ0) is 14.1. The first-order valence-electron chi connectivity index (χ1n) is 7.58. The van der Waals surface area contributed by atoms with Gasteiger partial charge in [-0.3, -0.25) is 4.79 Å². The van der Waals surface area contributed by atoms with E-state index in [1.54, 1.807) is 11.8 Å².